The van der Waals surface area contributed by atoms with Crippen LogP contribution in [0.5, 0.6) is 0 Å². The fourth-order valence-electron chi connectivity index (χ4n) is 4.54. The maximum atomic E-state index is 13.7. The first-order chi connectivity index (χ1) is 14.3. The van der Waals surface area contributed by atoms with Gasteiger partial charge in [0.2, 0.25) is 15.9 Å². The van der Waals surface area contributed by atoms with Crippen molar-refractivity contribution in [2.24, 2.45) is 5.92 Å². The summed E-state index contributed by atoms with van der Waals surface area (Å²) in [6.07, 6.45) is 4.50. The van der Waals surface area contributed by atoms with E-state index in [2.05, 4.69) is 10.1 Å². The molecule has 1 unspecified atom stereocenters. The summed E-state index contributed by atoms with van der Waals surface area (Å²) in [6.45, 7) is 5.06. The number of aryl methyl sites for hydroxylation is 2. The van der Waals surface area contributed by atoms with Crippen LogP contribution in [0.2, 0.25) is 0 Å². The molecule has 2 aliphatic heterocycles. The van der Waals surface area contributed by atoms with E-state index in [9.17, 15) is 12.8 Å². The second-order valence-corrected chi connectivity index (χ2v) is 10.3. The lowest BCUT2D eigenvalue weighted by molar-refractivity contribution is -0.121. The summed E-state index contributed by atoms with van der Waals surface area (Å²) < 4.78 is 52.7. The van der Waals surface area contributed by atoms with Crippen molar-refractivity contribution in [3.63, 3.8) is 0 Å². The monoisotopic (exact) mass is 437 g/mol. The van der Waals surface area contributed by atoms with Crippen LogP contribution >= 0.6 is 0 Å². The molecular weight excluding hydrogens is 409 g/mol. The SMILES string of the molecule is CCc1noc(CC2CCOC3(CCN(S(=O)(=O)c4cc(F)ccc4C)CC3)C2)n1. The van der Waals surface area contributed by atoms with Crippen LogP contribution in [-0.4, -0.2) is 48.2 Å². The van der Waals surface area contributed by atoms with Crippen molar-refractivity contribution in [3.8, 4) is 0 Å². The topological polar surface area (TPSA) is 85.5 Å². The molecule has 1 aromatic carbocycles. The van der Waals surface area contributed by atoms with Gasteiger partial charge in [-0.05, 0) is 56.2 Å². The Kier molecular flexibility index (Phi) is 5.96. The minimum atomic E-state index is -3.73. The summed E-state index contributed by atoms with van der Waals surface area (Å²) in [5.74, 6) is 1.21. The largest absolute Gasteiger partial charge is 0.375 e. The molecule has 0 amide bonds. The number of nitrogens with zero attached hydrogens (tertiary/aromatic N) is 3. The second-order valence-electron chi connectivity index (χ2n) is 8.37. The summed E-state index contributed by atoms with van der Waals surface area (Å²) in [7, 11) is -3.73. The number of hydrogen-bond donors (Lipinski definition) is 0. The van der Waals surface area contributed by atoms with Crippen molar-refractivity contribution in [1.82, 2.24) is 14.4 Å². The van der Waals surface area contributed by atoms with Gasteiger partial charge in [-0.25, -0.2) is 12.8 Å². The Morgan fingerprint density at radius 2 is 2.07 bits per heavy atom. The number of halogens is 1. The number of sulfonamides is 1. The minimum Gasteiger partial charge on any atom is -0.375 e. The van der Waals surface area contributed by atoms with E-state index in [4.69, 9.17) is 9.26 Å². The van der Waals surface area contributed by atoms with Crippen molar-refractivity contribution in [1.29, 1.82) is 0 Å². The lowest BCUT2D eigenvalue weighted by Gasteiger charge is -2.45. The summed E-state index contributed by atoms with van der Waals surface area (Å²) in [5.41, 5.74) is 0.233. The van der Waals surface area contributed by atoms with Crippen molar-refractivity contribution in [3.05, 3.63) is 41.3 Å². The van der Waals surface area contributed by atoms with Crippen LogP contribution in [0.4, 0.5) is 4.39 Å². The van der Waals surface area contributed by atoms with Gasteiger partial charge in [0.05, 0.1) is 10.5 Å². The van der Waals surface area contributed by atoms with E-state index in [0.29, 0.717) is 49.9 Å². The van der Waals surface area contributed by atoms with Crippen molar-refractivity contribution in [2.45, 2.75) is 62.9 Å². The van der Waals surface area contributed by atoms with Crippen molar-refractivity contribution < 1.29 is 22.1 Å². The van der Waals surface area contributed by atoms with E-state index < -0.39 is 15.8 Å². The molecule has 30 heavy (non-hydrogen) atoms. The first kappa shape index (κ1) is 21.4. The Balaban J connectivity index is 1.42. The van der Waals surface area contributed by atoms with Gasteiger partial charge in [0.1, 0.15) is 5.82 Å². The van der Waals surface area contributed by atoms with E-state index in [-0.39, 0.29) is 10.5 Å². The molecule has 0 saturated carbocycles. The van der Waals surface area contributed by atoms with Crippen LogP contribution in [0.1, 0.15) is 49.9 Å². The fourth-order valence-corrected chi connectivity index (χ4v) is 6.22. The van der Waals surface area contributed by atoms with Crippen LogP contribution in [0, 0.1) is 18.7 Å². The van der Waals surface area contributed by atoms with Gasteiger partial charge < -0.3 is 9.26 Å². The Morgan fingerprint density at radius 1 is 1.30 bits per heavy atom. The third kappa shape index (κ3) is 4.29. The van der Waals surface area contributed by atoms with Crippen molar-refractivity contribution in [2.75, 3.05) is 19.7 Å². The quantitative estimate of drug-likeness (QED) is 0.714. The van der Waals surface area contributed by atoms with Gasteiger partial charge in [0, 0.05) is 32.5 Å². The van der Waals surface area contributed by atoms with Gasteiger partial charge in [-0.15, -0.1) is 0 Å². The van der Waals surface area contributed by atoms with Gasteiger partial charge in [-0.1, -0.05) is 18.1 Å². The standard InChI is InChI=1S/C21H28FN3O4S/c1-3-19-23-20(29-24-19)12-16-6-11-28-21(14-16)7-9-25(10-8-21)30(26,27)18-13-17(22)5-4-15(18)2/h4-5,13,16H,3,6-12,14H2,1-2H3. The van der Waals surface area contributed by atoms with E-state index in [1.54, 1.807) is 6.92 Å². The van der Waals surface area contributed by atoms with E-state index in [1.165, 1.54) is 16.4 Å². The number of ether oxygens (including phenoxy) is 1. The van der Waals surface area contributed by atoms with E-state index >= 15 is 0 Å². The van der Waals surface area contributed by atoms with Crippen molar-refractivity contribution >= 4 is 10.0 Å². The molecule has 9 heteroatoms. The molecule has 0 radical (unpaired) electrons. The van der Waals surface area contributed by atoms with Gasteiger partial charge >= 0.3 is 0 Å². The first-order valence-electron chi connectivity index (χ1n) is 10.5. The molecule has 4 rings (SSSR count). The smallest absolute Gasteiger partial charge is 0.243 e. The summed E-state index contributed by atoms with van der Waals surface area (Å²) in [6, 6.07) is 3.89. The number of rotatable bonds is 5. The molecule has 7 nitrogen and oxygen atoms in total. The van der Waals surface area contributed by atoms with Gasteiger partial charge in [0.25, 0.3) is 0 Å². The van der Waals surface area contributed by atoms with Crippen LogP contribution < -0.4 is 0 Å². The molecule has 1 atom stereocenters. The number of hydrogen-bond acceptors (Lipinski definition) is 6. The number of piperidine rings is 1. The molecule has 0 bridgehead atoms. The maximum absolute atomic E-state index is 13.7. The Morgan fingerprint density at radius 3 is 2.77 bits per heavy atom. The van der Waals surface area contributed by atoms with Gasteiger partial charge in [0.15, 0.2) is 5.82 Å². The average Bonchev–Trinajstić information content (AvgIpc) is 3.18. The first-order valence-corrected chi connectivity index (χ1v) is 12.0. The summed E-state index contributed by atoms with van der Waals surface area (Å²) in [5, 5.41) is 3.97. The molecule has 2 saturated heterocycles. The summed E-state index contributed by atoms with van der Waals surface area (Å²) in [4.78, 5) is 4.46. The van der Waals surface area contributed by atoms with Crippen LogP contribution in [-0.2, 0) is 27.6 Å². The molecule has 1 spiro atoms. The third-order valence-electron chi connectivity index (χ3n) is 6.29. The van der Waals surface area contributed by atoms with Crippen LogP contribution in [0.25, 0.3) is 0 Å². The highest BCUT2D eigenvalue weighted by Gasteiger charge is 2.43. The average molecular weight is 438 g/mol. The Labute approximate surface area is 176 Å². The predicted molar refractivity (Wildman–Crippen MR) is 108 cm³/mol. The van der Waals surface area contributed by atoms with Crippen LogP contribution in [0.15, 0.2) is 27.6 Å². The Bertz CT molecular complexity index is 999. The lowest BCUT2D eigenvalue weighted by atomic mass is 9.79. The molecule has 0 N–H and O–H groups in total. The molecule has 2 aromatic rings. The molecule has 3 heterocycles. The zero-order valence-electron chi connectivity index (χ0n) is 17.4. The number of benzene rings is 1. The molecule has 164 valence electrons. The lowest BCUT2D eigenvalue weighted by Crippen LogP contribution is -2.51. The fraction of sp³-hybridized carbons (Fsp3) is 0.619. The second kappa shape index (κ2) is 8.36. The zero-order chi connectivity index (χ0) is 21.4. The highest BCUT2D eigenvalue weighted by molar-refractivity contribution is 7.89. The molecule has 2 aliphatic rings. The van der Waals surface area contributed by atoms with Crippen LogP contribution in [0.3, 0.4) is 0 Å². The van der Waals surface area contributed by atoms with Gasteiger partial charge in [-0.2, -0.15) is 9.29 Å². The molecule has 0 aliphatic carbocycles. The van der Waals surface area contributed by atoms with E-state index in [1.807, 2.05) is 6.92 Å². The molecule has 1 aromatic heterocycles. The van der Waals surface area contributed by atoms with E-state index in [0.717, 1.165) is 37.6 Å². The zero-order valence-corrected chi connectivity index (χ0v) is 18.3. The normalized spacial score (nSPS) is 22.4. The highest BCUT2D eigenvalue weighted by Crippen LogP contribution is 2.40. The predicted octanol–water partition coefficient (Wildman–Crippen LogP) is 3.27. The summed E-state index contributed by atoms with van der Waals surface area (Å²) >= 11 is 0. The Hall–Kier alpha value is -1.84. The van der Waals surface area contributed by atoms with Gasteiger partial charge in [-0.3, -0.25) is 0 Å². The number of aromatic nitrogens is 2. The minimum absolute atomic E-state index is 0.0454. The third-order valence-corrected chi connectivity index (χ3v) is 8.33. The highest BCUT2D eigenvalue weighted by atomic mass is 32.2. The molecule has 2 fully saturated rings. The maximum Gasteiger partial charge on any atom is 0.243 e. The molecular formula is C21H28FN3O4S.